The van der Waals surface area contributed by atoms with E-state index in [4.69, 9.17) is 0 Å². The number of carbonyl (C=O) groups is 1. The second-order valence-electron chi connectivity index (χ2n) is 7.11. The van der Waals surface area contributed by atoms with Gasteiger partial charge in [0.05, 0.1) is 16.9 Å². The lowest BCUT2D eigenvalue weighted by Gasteiger charge is -2.33. The molecule has 0 spiro atoms. The number of aryl methyl sites for hydroxylation is 1. The molecular formula is C20H23Cl2F2N5O. The number of piperazine rings is 1. The normalized spacial score (nSPS) is 16.0. The molecule has 1 aliphatic rings. The first-order valence-electron chi connectivity index (χ1n) is 9.15. The van der Waals surface area contributed by atoms with Crippen LogP contribution in [0.25, 0.3) is 5.65 Å². The molecule has 2 N–H and O–H groups in total. The molecule has 1 aliphatic heterocycles. The minimum Gasteiger partial charge on any atom is -0.369 e. The highest BCUT2D eigenvalue weighted by Crippen LogP contribution is 2.22. The molecule has 1 saturated heterocycles. The zero-order chi connectivity index (χ0) is 19.8. The highest BCUT2D eigenvalue weighted by Gasteiger charge is 2.19. The van der Waals surface area contributed by atoms with Gasteiger partial charge in [-0.15, -0.1) is 24.8 Å². The zero-order valence-corrected chi connectivity index (χ0v) is 18.1. The Bertz CT molecular complexity index is 1060. The predicted molar refractivity (Wildman–Crippen MR) is 118 cm³/mol. The molecule has 2 aromatic heterocycles. The van der Waals surface area contributed by atoms with Crippen molar-refractivity contribution in [3.63, 3.8) is 0 Å². The molecule has 0 aliphatic carbocycles. The first-order chi connectivity index (χ1) is 13.4. The first-order valence-corrected chi connectivity index (χ1v) is 9.15. The molecule has 1 aromatic carbocycles. The van der Waals surface area contributed by atoms with E-state index in [0.29, 0.717) is 11.7 Å². The number of carbonyl (C=O) groups excluding carboxylic acids is 1. The summed E-state index contributed by atoms with van der Waals surface area (Å²) < 4.78 is 30.3. The fraction of sp³-hybridized carbons (Fsp3) is 0.300. The van der Waals surface area contributed by atoms with Crippen LogP contribution in [0.4, 0.5) is 20.2 Å². The summed E-state index contributed by atoms with van der Waals surface area (Å²) in [4.78, 5) is 18.7. The minimum absolute atomic E-state index is 0. The van der Waals surface area contributed by atoms with Crippen molar-refractivity contribution in [1.29, 1.82) is 0 Å². The average molecular weight is 458 g/mol. The number of benzene rings is 1. The smallest absolute Gasteiger partial charge is 0.258 e. The van der Waals surface area contributed by atoms with Crippen LogP contribution in [0.2, 0.25) is 0 Å². The van der Waals surface area contributed by atoms with E-state index in [0.717, 1.165) is 25.3 Å². The van der Waals surface area contributed by atoms with E-state index >= 15 is 0 Å². The van der Waals surface area contributed by atoms with Gasteiger partial charge in [-0.1, -0.05) is 0 Å². The first kappa shape index (κ1) is 23.9. The maximum Gasteiger partial charge on any atom is 0.258 e. The van der Waals surface area contributed by atoms with Crippen LogP contribution in [0.5, 0.6) is 0 Å². The Morgan fingerprint density at radius 3 is 2.67 bits per heavy atom. The van der Waals surface area contributed by atoms with Crippen LogP contribution >= 0.6 is 24.8 Å². The number of nitrogens with zero attached hydrogens (tertiary/aromatic N) is 3. The Labute approximate surface area is 185 Å². The van der Waals surface area contributed by atoms with Crippen LogP contribution in [0.1, 0.15) is 23.0 Å². The Hall–Kier alpha value is -2.42. The third-order valence-electron chi connectivity index (χ3n) is 4.82. The van der Waals surface area contributed by atoms with E-state index in [9.17, 15) is 13.6 Å². The highest BCUT2D eigenvalue weighted by atomic mass is 35.5. The molecule has 6 nitrogen and oxygen atoms in total. The molecular weight excluding hydrogens is 435 g/mol. The number of halogens is 4. The molecule has 0 bridgehead atoms. The second-order valence-corrected chi connectivity index (χ2v) is 7.11. The molecule has 10 heteroatoms. The highest BCUT2D eigenvalue weighted by molar-refractivity contribution is 6.04. The van der Waals surface area contributed by atoms with Crippen LogP contribution < -0.4 is 15.5 Å². The summed E-state index contributed by atoms with van der Waals surface area (Å²) >= 11 is 0. The van der Waals surface area contributed by atoms with Crippen molar-refractivity contribution in [1.82, 2.24) is 14.7 Å². The number of hydrogen-bond acceptors (Lipinski definition) is 4. The molecule has 1 fully saturated rings. The fourth-order valence-corrected chi connectivity index (χ4v) is 3.50. The van der Waals surface area contributed by atoms with Gasteiger partial charge in [-0.3, -0.25) is 4.79 Å². The van der Waals surface area contributed by atoms with Gasteiger partial charge in [0.25, 0.3) is 5.91 Å². The Morgan fingerprint density at radius 2 is 1.97 bits per heavy atom. The summed E-state index contributed by atoms with van der Waals surface area (Å²) in [5, 5.41) is 5.89. The molecule has 3 heterocycles. The van der Waals surface area contributed by atoms with Gasteiger partial charge in [-0.25, -0.2) is 13.8 Å². The maximum atomic E-state index is 14.6. The molecule has 30 heavy (non-hydrogen) atoms. The van der Waals surface area contributed by atoms with Gasteiger partial charge in [0.2, 0.25) is 0 Å². The molecule has 0 saturated carbocycles. The van der Waals surface area contributed by atoms with E-state index in [1.807, 2.05) is 0 Å². The summed E-state index contributed by atoms with van der Waals surface area (Å²) in [7, 11) is 0. The van der Waals surface area contributed by atoms with E-state index in [1.54, 1.807) is 25.4 Å². The Kier molecular flexibility index (Phi) is 7.63. The summed E-state index contributed by atoms with van der Waals surface area (Å²) in [5.41, 5.74) is 1.72. The lowest BCUT2D eigenvalue weighted by Crippen LogP contribution is -2.49. The van der Waals surface area contributed by atoms with Crippen LogP contribution in [0.15, 0.2) is 36.7 Å². The number of rotatable bonds is 3. The van der Waals surface area contributed by atoms with E-state index < -0.39 is 17.5 Å². The van der Waals surface area contributed by atoms with E-state index in [-0.39, 0.29) is 41.7 Å². The van der Waals surface area contributed by atoms with Crippen molar-refractivity contribution in [2.24, 2.45) is 0 Å². The summed E-state index contributed by atoms with van der Waals surface area (Å²) in [5.74, 6) is -1.80. The van der Waals surface area contributed by atoms with Crippen LogP contribution in [0.3, 0.4) is 0 Å². The monoisotopic (exact) mass is 457 g/mol. The van der Waals surface area contributed by atoms with E-state index in [2.05, 4.69) is 27.4 Å². The standard InChI is InChI=1S/C20H21F2N5O.2ClH/c1-12-9-26(6-5-23-12)15-3-4-16(17(21)8-15)20(28)25-14-7-18(22)19-24-13(2)10-27(19)11-14;;/h3-4,7-8,10-12,23H,5-6,9H2,1-2H3,(H,25,28);2*1H. The van der Waals surface area contributed by atoms with Gasteiger partial charge < -0.3 is 19.9 Å². The number of fused-ring (bicyclic) bond motifs is 1. The van der Waals surface area contributed by atoms with Gasteiger partial charge in [0, 0.05) is 49.8 Å². The van der Waals surface area contributed by atoms with Crippen molar-refractivity contribution in [3.05, 3.63) is 59.6 Å². The molecule has 3 aromatic rings. The maximum absolute atomic E-state index is 14.6. The van der Waals surface area contributed by atoms with Gasteiger partial charge >= 0.3 is 0 Å². The number of aromatic nitrogens is 2. The van der Waals surface area contributed by atoms with Crippen molar-refractivity contribution >= 4 is 47.7 Å². The van der Waals surface area contributed by atoms with Crippen molar-refractivity contribution in [3.8, 4) is 0 Å². The number of anilines is 2. The van der Waals surface area contributed by atoms with Crippen LogP contribution in [-0.4, -0.2) is 41.0 Å². The topological polar surface area (TPSA) is 61.7 Å². The fourth-order valence-electron chi connectivity index (χ4n) is 3.50. The summed E-state index contributed by atoms with van der Waals surface area (Å²) in [6, 6.07) is 6.06. The van der Waals surface area contributed by atoms with Crippen LogP contribution in [-0.2, 0) is 0 Å². The Morgan fingerprint density at radius 1 is 1.20 bits per heavy atom. The van der Waals surface area contributed by atoms with Gasteiger partial charge in [0.15, 0.2) is 11.5 Å². The molecule has 162 valence electrons. The third-order valence-corrected chi connectivity index (χ3v) is 4.82. The molecule has 0 radical (unpaired) electrons. The van der Waals surface area contributed by atoms with Crippen molar-refractivity contribution in [2.75, 3.05) is 29.9 Å². The average Bonchev–Trinajstić information content (AvgIpc) is 3.02. The molecule has 4 rings (SSSR count). The van der Waals surface area contributed by atoms with E-state index in [1.165, 1.54) is 22.6 Å². The summed E-state index contributed by atoms with van der Waals surface area (Å²) in [6.07, 6.45) is 3.20. The molecule has 1 amide bonds. The third kappa shape index (κ3) is 4.83. The SMILES string of the molecule is Cc1cn2cc(NC(=O)c3ccc(N4CCNC(C)C4)cc3F)cc(F)c2n1.Cl.Cl. The minimum atomic E-state index is -0.631. The summed E-state index contributed by atoms with van der Waals surface area (Å²) in [6.45, 7) is 6.20. The molecule has 1 atom stereocenters. The van der Waals surface area contributed by atoms with Crippen molar-refractivity contribution in [2.45, 2.75) is 19.9 Å². The van der Waals surface area contributed by atoms with Crippen LogP contribution in [0, 0.1) is 18.6 Å². The largest absolute Gasteiger partial charge is 0.369 e. The number of imidazole rings is 1. The predicted octanol–water partition coefficient (Wildman–Crippen LogP) is 3.81. The number of nitrogens with one attached hydrogen (secondary N) is 2. The quantitative estimate of drug-likeness (QED) is 0.627. The van der Waals surface area contributed by atoms with Gasteiger partial charge in [-0.05, 0) is 32.0 Å². The lowest BCUT2D eigenvalue weighted by molar-refractivity contribution is 0.102. The number of amides is 1. The van der Waals surface area contributed by atoms with Crippen molar-refractivity contribution < 1.29 is 13.6 Å². The zero-order valence-electron chi connectivity index (χ0n) is 16.5. The number of pyridine rings is 1. The molecule has 1 unspecified atom stereocenters. The van der Waals surface area contributed by atoms with Gasteiger partial charge in [0.1, 0.15) is 5.82 Å². The van der Waals surface area contributed by atoms with Gasteiger partial charge in [-0.2, -0.15) is 0 Å². The second kappa shape index (κ2) is 9.59. The lowest BCUT2D eigenvalue weighted by atomic mass is 10.1. The Balaban J connectivity index is 0.00000160. The number of hydrogen-bond donors (Lipinski definition) is 2.